The van der Waals surface area contributed by atoms with E-state index in [1.807, 2.05) is 29.0 Å². The van der Waals surface area contributed by atoms with E-state index in [2.05, 4.69) is 10.6 Å². The van der Waals surface area contributed by atoms with Gasteiger partial charge in [0.1, 0.15) is 0 Å². The third-order valence-corrected chi connectivity index (χ3v) is 5.99. The molecule has 2 saturated heterocycles. The molecule has 25 heavy (non-hydrogen) atoms. The molecule has 2 aliphatic heterocycles. The Labute approximate surface area is 156 Å². The normalized spacial score (nSPS) is 24.9. The molecule has 0 spiro atoms. The fraction of sp³-hybridized carbons (Fsp3) is 0.421. The highest BCUT2D eigenvalue weighted by atomic mass is 35.5. The molecule has 2 N–H and O–H groups in total. The van der Waals surface area contributed by atoms with Crippen LogP contribution in [0.25, 0.3) is 11.1 Å². The Morgan fingerprint density at radius 2 is 2.08 bits per heavy atom. The van der Waals surface area contributed by atoms with Crippen molar-refractivity contribution < 1.29 is 9.53 Å². The van der Waals surface area contributed by atoms with Crippen molar-refractivity contribution in [2.24, 2.45) is 5.92 Å². The maximum absolute atomic E-state index is 12.3. The first kappa shape index (κ1) is 16.9. The number of hydrogen-bond donors (Lipinski definition) is 2. The van der Waals surface area contributed by atoms with Crippen LogP contribution in [-0.2, 0) is 4.74 Å². The number of carbonyl (C=O) groups is 1. The molecule has 4 nitrogen and oxygen atoms in total. The van der Waals surface area contributed by atoms with Crippen LogP contribution in [0.3, 0.4) is 0 Å². The van der Waals surface area contributed by atoms with Crippen molar-refractivity contribution in [1.29, 1.82) is 0 Å². The molecule has 1 aromatic carbocycles. The quantitative estimate of drug-likeness (QED) is 0.776. The van der Waals surface area contributed by atoms with Gasteiger partial charge < -0.3 is 10.1 Å². The molecule has 6 heteroatoms. The van der Waals surface area contributed by atoms with Crippen LogP contribution in [0.4, 0.5) is 10.5 Å². The van der Waals surface area contributed by atoms with E-state index in [-0.39, 0.29) is 0 Å². The molecule has 2 atom stereocenters. The molecule has 0 radical (unpaired) electrons. The third-order valence-electron chi connectivity index (χ3n) is 5.07. The zero-order chi connectivity index (χ0) is 17.2. The molecule has 2 aromatic rings. The van der Waals surface area contributed by atoms with Crippen LogP contribution in [0, 0.1) is 5.92 Å². The van der Waals surface area contributed by atoms with Crippen molar-refractivity contribution in [3.63, 3.8) is 0 Å². The summed E-state index contributed by atoms with van der Waals surface area (Å²) in [4.78, 5) is 12.3. The number of piperidine rings is 1. The number of anilines is 1. The maximum Gasteiger partial charge on any atom is 0.411 e. The van der Waals surface area contributed by atoms with Gasteiger partial charge in [0, 0.05) is 22.7 Å². The topological polar surface area (TPSA) is 50.4 Å². The first-order valence-corrected chi connectivity index (χ1v) is 10.0. The highest BCUT2D eigenvalue weighted by Gasteiger charge is 2.33. The van der Waals surface area contributed by atoms with Crippen molar-refractivity contribution in [2.45, 2.75) is 37.8 Å². The van der Waals surface area contributed by atoms with Crippen molar-refractivity contribution >= 4 is 34.7 Å². The monoisotopic (exact) mass is 376 g/mol. The second-order valence-electron chi connectivity index (χ2n) is 6.90. The zero-order valence-corrected chi connectivity index (χ0v) is 15.4. The fourth-order valence-electron chi connectivity index (χ4n) is 3.94. The molecule has 2 bridgehead atoms. The van der Waals surface area contributed by atoms with E-state index in [4.69, 9.17) is 16.3 Å². The molecule has 3 heterocycles. The Kier molecular flexibility index (Phi) is 4.97. The molecule has 132 valence electrons. The Morgan fingerprint density at radius 1 is 1.28 bits per heavy atom. The number of thiophene rings is 1. The predicted molar refractivity (Wildman–Crippen MR) is 102 cm³/mol. The predicted octanol–water partition coefficient (Wildman–Crippen LogP) is 5.15. The summed E-state index contributed by atoms with van der Waals surface area (Å²) in [5.74, 6) is 0.459. The molecule has 4 rings (SSSR count). The molecular weight excluding hydrogens is 356 g/mol. The van der Waals surface area contributed by atoms with Crippen LogP contribution in [0.15, 0.2) is 35.0 Å². The van der Waals surface area contributed by atoms with E-state index in [1.165, 1.54) is 12.8 Å². The van der Waals surface area contributed by atoms with Gasteiger partial charge in [-0.2, -0.15) is 11.3 Å². The van der Waals surface area contributed by atoms with E-state index < -0.39 is 6.09 Å². The average Bonchev–Trinajstić information content (AvgIpc) is 3.23. The summed E-state index contributed by atoms with van der Waals surface area (Å²) in [6, 6.07) is 8.75. The molecule has 2 unspecified atom stereocenters. The van der Waals surface area contributed by atoms with Gasteiger partial charge in [-0.1, -0.05) is 17.7 Å². The summed E-state index contributed by atoms with van der Waals surface area (Å²) >= 11 is 7.72. The number of amides is 1. The third kappa shape index (κ3) is 4.00. The van der Waals surface area contributed by atoms with Crippen LogP contribution in [0.2, 0.25) is 5.02 Å². The van der Waals surface area contributed by atoms with E-state index in [0.717, 1.165) is 24.0 Å². The number of nitrogens with one attached hydrogen (secondary N) is 2. The van der Waals surface area contributed by atoms with Gasteiger partial charge in [-0.3, -0.25) is 5.32 Å². The summed E-state index contributed by atoms with van der Waals surface area (Å²) in [6.07, 6.45) is 4.28. The number of hydrogen-bond acceptors (Lipinski definition) is 4. The first-order valence-electron chi connectivity index (χ1n) is 8.69. The zero-order valence-electron chi connectivity index (χ0n) is 13.8. The van der Waals surface area contributed by atoms with Gasteiger partial charge in [-0.15, -0.1) is 0 Å². The SMILES string of the molecule is O=C(Nc1cc(Cl)ccc1-c1ccsc1)OCC1CC2CCC(C1)N2. The number of carbonyl (C=O) groups excluding carboxylic acids is 1. The number of halogens is 1. The van der Waals surface area contributed by atoms with Crippen LogP contribution in [0.5, 0.6) is 0 Å². The lowest BCUT2D eigenvalue weighted by Gasteiger charge is -2.28. The van der Waals surface area contributed by atoms with Crippen LogP contribution in [0.1, 0.15) is 25.7 Å². The highest BCUT2D eigenvalue weighted by molar-refractivity contribution is 7.08. The minimum absolute atomic E-state index is 0.412. The number of ether oxygens (including phenoxy) is 1. The Bertz CT molecular complexity index is 738. The van der Waals surface area contributed by atoms with Gasteiger partial charge in [-0.05, 0) is 66.1 Å². The summed E-state index contributed by atoms with van der Waals surface area (Å²) in [5, 5.41) is 11.1. The minimum atomic E-state index is -0.412. The van der Waals surface area contributed by atoms with E-state index in [0.29, 0.717) is 35.3 Å². The molecule has 2 aliphatic rings. The fourth-order valence-corrected chi connectivity index (χ4v) is 4.77. The Hall–Kier alpha value is -1.56. The lowest BCUT2D eigenvalue weighted by atomic mass is 9.93. The van der Waals surface area contributed by atoms with Crippen molar-refractivity contribution in [1.82, 2.24) is 5.32 Å². The lowest BCUT2D eigenvalue weighted by Crippen LogP contribution is -2.39. The van der Waals surface area contributed by atoms with Crippen LogP contribution >= 0.6 is 22.9 Å². The molecule has 2 fully saturated rings. The van der Waals surface area contributed by atoms with Crippen molar-refractivity contribution in [2.75, 3.05) is 11.9 Å². The summed E-state index contributed by atoms with van der Waals surface area (Å²) in [6.45, 7) is 0.481. The number of rotatable bonds is 4. The van der Waals surface area contributed by atoms with Crippen LogP contribution < -0.4 is 10.6 Å². The largest absolute Gasteiger partial charge is 0.449 e. The summed E-state index contributed by atoms with van der Waals surface area (Å²) in [5.41, 5.74) is 2.69. The van der Waals surface area contributed by atoms with Gasteiger partial charge in [0.05, 0.1) is 12.3 Å². The van der Waals surface area contributed by atoms with Crippen molar-refractivity contribution in [3.8, 4) is 11.1 Å². The Morgan fingerprint density at radius 3 is 2.80 bits per heavy atom. The van der Waals surface area contributed by atoms with Gasteiger partial charge in [0.25, 0.3) is 0 Å². The standard InChI is InChI=1S/C19H21ClN2O2S/c20-14-1-4-17(13-5-6-25-11-13)18(9-14)22-19(23)24-10-12-7-15-2-3-16(8-12)21-15/h1,4-6,9,11-12,15-16,21H,2-3,7-8,10H2,(H,22,23). The van der Waals surface area contributed by atoms with Gasteiger partial charge >= 0.3 is 6.09 Å². The first-order chi connectivity index (χ1) is 12.2. The molecule has 1 aromatic heterocycles. The van der Waals surface area contributed by atoms with Gasteiger partial charge in [0.15, 0.2) is 0 Å². The summed E-state index contributed by atoms with van der Waals surface area (Å²) < 4.78 is 5.50. The van der Waals surface area contributed by atoms with Crippen LogP contribution in [-0.4, -0.2) is 24.8 Å². The number of fused-ring (bicyclic) bond motifs is 2. The highest BCUT2D eigenvalue weighted by Crippen LogP contribution is 2.33. The second-order valence-corrected chi connectivity index (χ2v) is 8.12. The van der Waals surface area contributed by atoms with Gasteiger partial charge in [0.2, 0.25) is 0 Å². The molecule has 1 amide bonds. The maximum atomic E-state index is 12.3. The molecule has 0 saturated carbocycles. The average molecular weight is 377 g/mol. The van der Waals surface area contributed by atoms with Crippen molar-refractivity contribution in [3.05, 3.63) is 40.0 Å². The molecular formula is C19H21ClN2O2S. The summed E-state index contributed by atoms with van der Waals surface area (Å²) in [7, 11) is 0. The lowest BCUT2D eigenvalue weighted by molar-refractivity contribution is 0.122. The Balaban J connectivity index is 1.38. The van der Waals surface area contributed by atoms with E-state index >= 15 is 0 Å². The van der Waals surface area contributed by atoms with E-state index in [1.54, 1.807) is 17.4 Å². The smallest absolute Gasteiger partial charge is 0.411 e. The minimum Gasteiger partial charge on any atom is -0.449 e. The second kappa shape index (κ2) is 7.36. The van der Waals surface area contributed by atoms with E-state index in [9.17, 15) is 4.79 Å². The number of benzene rings is 1. The van der Waals surface area contributed by atoms with Gasteiger partial charge in [-0.25, -0.2) is 4.79 Å². The molecule has 0 aliphatic carbocycles.